The lowest BCUT2D eigenvalue weighted by Gasteiger charge is -2.02. The number of hydrogen-bond acceptors (Lipinski definition) is 4. The van der Waals surface area contributed by atoms with Crippen molar-refractivity contribution in [3.63, 3.8) is 0 Å². The zero-order valence-corrected chi connectivity index (χ0v) is 11.1. The van der Waals surface area contributed by atoms with Gasteiger partial charge in [0.1, 0.15) is 0 Å². The average molecular weight is 287 g/mol. The van der Waals surface area contributed by atoms with Crippen LogP contribution < -0.4 is 5.69 Å². The van der Waals surface area contributed by atoms with Crippen LogP contribution in [0.3, 0.4) is 0 Å². The van der Waals surface area contributed by atoms with Crippen molar-refractivity contribution in [2.75, 3.05) is 0 Å². The van der Waals surface area contributed by atoms with Crippen molar-refractivity contribution in [2.45, 2.75) is 25.4 Å². The third kappa shape index (κ3) is 2.62. The molecule has 0 radical (unpaired) electrons. The van der Waals surface area contributed by atoms with Crippen LogP contribution in [-0.2, 0) is 6.54 Å². The second-order valence-electron chi connectivity index (χ2n) is 5.07. The Labute approximate surface area is 119 Å². The number of nitro groups is 1. The van der Waals surface area contributed by atoms with Gasteiger partial charge in [-0.05, 0) is 25.0 Å². The molecule has 1 aliphatic rings. The standard InChI is InChI=1S/C14H13N3O4/c18-13(10-1-3-12(4-2-10)17(20)21)9-15-7-8-16(14(15)19)11-5-6-11/h1-4,7-8,11H,5-6,9H2. The van der Waals surface area contributed by atoms with Crippen LogP contribution in [0.1, 0.15) is 29.2 Å². The molecule has 1 aromatic carbocycles. The highest BCUT2D eigenvalue weighted by Crippen LogP contribution is 2.33. The molecular weight excluding hydrogens is 274 g/mol. The molecule has 3 rings (SSSR count). The summed E-state index contributed by atoms with van der Waals surface area (Å²) in [5.74, 6) is -0.249. The molecule has 0 aliphatic heterocycles. The zero-order chi connectivity index (χ0) is 15.0. The van der Waals surface area contributed by atoms with E-state index in [0.717, 1.165) is 12.8 Å². The third-order valence-corrected chi connectivity index (χ3v) is 3.53. The minimum atomic E-state index is -0.519. The Balaban J connectivity index is 1.76. The third-order valence-electron chi connectivity index (χ3n) is 3.53. The molecule has 1 aliphatic carbocycles. The molecule has 21 heavy (non-hydrogen) atoms. The van der Waals surface area contributed by atoms with Gasteiger partial charge in [-0.3, -0.25) is 24.0 Å². The summed E-state index contributed by atoms with van der Waals surface area (Å²) in [5.41, 5.74) is 0.100. The van der Waals surface area contributed by atoms with Gasteiger partial charge in [-0.15, -0.1) is 0 Å². The highest BCUT2D eigenvalue weighted by molar-refractivity contribution is 5.96. The van der Waals surface area contributed by atoms with E-state index >= 15 is 0 Å². The van der Waals surface area contributed by atoms with Gasteiger partial charge in [0.15, 0.2) is 5.78 Å². The lowest BCUT2D eigenvalue weighted by Crippen LogP contribution is -2.26. The molecule has 0 amide bonds. The van der Waals surface area contributed by atoms with Gasteiger partial charge in [-0.25, -0.2) is 4.79 Å². The quantitative estimate of drug-likeness (QED) is 0.476. The van der Waals surface area contributed by atoms with Crippen molar-refractivity contribution in [2.24, 2.45) is 0 Å². The first-order valence-corrected chi connectivity index (χ1v) is 6.61. The second kappa shape index (κ2) is 5.01. The summed E-state index contributed by atoms with van der Waals surface area (Å²) in [6.45, 7) is -0.0592. The number of imidazole rings is 1. The number of Topliss-reactive ketones (excluding diaryl/α,β-unsaturated/α-hetero) is 1. The molecule has 7 heteroatoms. The van der Waals surface area contributed by atoms with Gasteiger partial charge in [0.05, 0.1) is 11.5 Å². The number of nitrogens with zero attached hydrogens (tertiary/aromatic N) is 3. The highest BCUT2D eigenvalue weighted by Gasteiger charge is 2.25. The Hall–Kier alpha value is -2.70. The number of benzene rings is 1. The van der Waals surface area contributed by atoms with Gasteiger partial charge in [-0.1, -0.05) is 0 Å². The first-order chi connectivity index (χ1) is 10.1. The topological polar surface area (TPSA) is 87.1 Å². The molecule has 0 spiro atoms. The number of non-ortho nitro benzene ring substituents is 1. The zero-order valence-electron chi connectivity index (χ0n) is 11.1. The molecule has 0 N–H and O–H groups in total. The van der Waals surface area contributed by atoms with Gasteiger partial charge in [0, 0.05) is 36.1 Å². The number of rotatable bonds is 5. The number of carbonyl (C=O) groups is 1. The molecular formula is C14H13N3O4. The smallest absolute Gasteiger partial charge is 0.296 e. The summed E-state index contributed by atoms with van der Waals surface area (Å²) in [5, 5.41) is 10.6. The van der Waals surface area contributed by atoms with E-state index in [2.05, 4.69) is 0 Å². The molecule has 0 unspecified atom stereocenters. The summed E-state index contributed by atoms with van der Waals surface area (Å²) < 4.78 is 3.01. The first-order valence-electron chi connectivity index (χ1n) is 6.61. The van der Waals surface area contributed by atoms with Gasteiger partial charge in [0.2, 0.25) is 0 Å². The van der Waals surface area contributed by atoms with Gasteiger partial charge in [0.25, 0.3) is 5.69 Å². The molecule has 1 aromatic heterocycles. The Bertz CT molecular complexity index is 753. The van der Waals surface area contributed by atoms with E-state index in [4.69, 9.17) is 0 Å². The van der Waals surface area contributed by atoms with Crippen LogP contribution in [0.2, 0.25) is 0 Å². The van der Waals surface area contributed by atoms with Gasteiger partial charge in [-0.2, -0.15) is 0 Å². The molecule has 0 bridgehead atoms. The number of ketones is 1. The number of hydrogen-bond donors (Lipinski definition) is 0. The lowest BCUT2D eigenvalue weighted by molar-refractivity contribution is -0.384. The lowest BCUT2D eigenvalue weighted by atomic mass is 10.1. The monoisotopic (exact) mass is 287 g/mol. The van der Waals surface area contributed by atoms with Crippen LogP contribution in [0.4, 0.5) is 5.69 Å². The summed E-state index contributed by atoms with van der Waals surface area (Å²) in [6, 6.07) is 5.65. The van der Waals surface area contributed by atoms with Crippen molar-refractivity contribution in [1.82, 2.24) is 9.13 Å². The number of carbonyl (C=O) groups excluding carboxylic acids is 1. The number of nitro benzene ring substituents is 1. The molecule has 7 nitrogen and oxygen atoms in total. The van der Waals surface area contributed by atoms with Crippen molar-refractivity contribution in [1.29, 1.82) is 0 Å². The maximum Gasteiger partial charge on any atom is 0.328 e. The summed E-state index contributed by atoms with van der Waals surface area (Å²) in [7, 11) is 0. The minimum absolute atomic E-state index is 0.0592. The largest absolute Gasteiger partial charge is 0.328 e. The molecule has 1 heterocycles. The van der Waals surface area contributed by atoms with Crippen molar-refractivity contribution < 1.29 is 9.72 Å². The molecule has 0 saturated heterocycles. The predicted molar refractivity (Wildman–Crippen MR) is 74.4 cm³/mol. The Morgan fingerprint density at radius 2 is 1.90 bits per heavy atom. The van der Waals surface area contributed by atoms with Gasteiger partial charge < -0.3 is 0 Å². The number of aromatic nitrogens is 2. The molecule has 1 fully saturated rings. The fourth-order valence-electron chi connectivity index (χ4n) is 2.19. The Morgan fingerprint density at radius 3 is 2.48 bits per heavy atom. The van der Waals surface area contributed by atoms with E-state index in [0.29, 0.717) is 5.56 Å². The van der Waals surface area contributed by atoms with Crippen LogP contribution in [-0.4, -0.2) is 19.8 Å². The molecule has 0 atom stereocenters. The van der Waals surface area contributed by atoms with E-state index in [-0.39, 0.29) is 29.7 Å². The van der Waals surface area contributed by atoms with E-state index in [1.807, 2.05) is 0 Å². The fourth-order valence-corrected chi connectivity index (χ4v) is 2.19. The SMILES string of the molecule is O=C(Cn1ccn(C2CC2)c1=O)c1ccc([N+](=O)[O-])cc1. The van der Waals surface area contributed by atoms with E-state index in [1.165, 1.54) is 28.8 Å². The van der Waals surface area contributed by atoms with Crippen LogP contribution in [0.25, 0.3) is 0 Å². The van der Waals surface area contributed by atoms with Crippen LogP contribution >= 0.6 is 0 Å². The summed E-state index contributed by atoms with van der Waals surface area (Å²) in [6.07, 6.45) is 5.30. The van der Waals surface area contributed by atoms with E-state index in [1.54, 1.807) is 17.0 Å². The second-order valence-corrected chi connectivity index (χ2v) is 5.07. The predicted octanol–water partition coefficient (Wildman–Crippen LogP) is 1.78. The maximum absolute atomic E-state index is 12.1. The highest BCUT2D eigenvalue weighted by atomic mass is 16.6. The van der Waals surface area contributed by atoms with Crippen molar-refractivity contribution >= 4 is 11.5 Å². The normalized spacial score (nSPS) is 14.1. The van der Waals surface area contributed by atoms with Crippen LogP contribution in [0.15, 0.2) is 41.5 Å². The Kier molecular flexibility index (Phi) is 3.17. The molecule has 2 aromatic rings. The Morgan fingerprint density at radius 1 is 1.24 bits per heavy atom. The van der Waals surface area contributed by atoms with E-state index in [9.17, 15) is 19.7 Å². The molecule has 108 valence electrons. The van der Waals surface area contributed by atoms with Crippen LogP contribution in [0.5, 0.6) is 0 Å². The molecule has 1 saturated carbocycles. The van der Waals surface area contributed by atoms with Gasteiger partial charge >= 0.3 is 5.69 Å². The first kappa shape index (κ1) is 13.3. The summed E-state index contributed by atoms with van der Waals surface area (Å²) in [4.78, 5) is 34.2. The minimum Gasteiger partial charge on any atom is -0.296 e. The average Bonchev–Trinajstić information content (AvgIpc) is 3.25. The summed E-state index contributed by atoms with van der Waals surface area (Å²) >= 11 is 0. The van der Waals surface area contributed by atoms with E-state index < -0.39 is 4.92 Å². The fraction of sp³-hybridized carbons (Fsp3) is 0.286. The van der Waals surface area contributed by atoms with Crippen LogP contribution in [0, 0.1) is 10.1 Å². The van der Waals surface area contributed by atoms with Crippen molar-refractivity contribution in [3.05, 3.63) is 62.8 Å². The maximum atomic E-state index is 12.1. The van der Waals surface area contributed by atoms with Crippen molar-refractivity contribution in [3.8, 4) is 0 Å².